The Balaban J connectivity index is 1.51. The van der Waals surface area contributed by atoms with Crippen molar-refractivity contribution >= 4 is 5.91 Å². The fraction of sp³-hybridized carbons (Fsp3) is 0.409. The SMILES string of the molecule is Cc1cnc(-c2nn(Cc3ccccc3)c3c2CN(C(=O)C2CCC2)CC3)o1. The molecule has 0 atom stereocenters. The maximum Gasteiger partial charge on any atom is 0.247 e. The Hall–Kier alpha value is -2.89. The van der Waals surface area contributed by atoms with Crippen LogP contribution in [0.3, 0.4) is 0 Å². The van der Waals surface area contributed by atoms with Crippen molar-refractivity contribution in [3.05, 3.63) is 59.1 Å². The van der Waals surface area contributed by atoms with Gasteiger partial charge in [-0.2, -0.15) is 5.10 Å². The van der Waals surface area contributed by atoms with Crippen LogP contribution in [0.25, 0.3) is 11.6 Å². The highest BCUT2D eigenvalue weighted by Gasteiger charge is 2.34. The number of fused-ring (bicyclic) bond motifs is 1. The van der Waals surface area contributed by atoms with Gasteiger partial charge in [-0.05, 0) is 25.3 Å². The van der Waals surface area contributed by atoms with Gasteiger partial charge in [0.15, 0.2) is 5.69 Å². The highest BCUT2D eigenvalue weighted by molar-refractivity contribution is 5.80. The van der Waals surface area contributed by atoms with E-state index in [0.29, 0.717) is 24.9 Å². The first-order valence-corrected chi connectivity index (χ1v) is 10.0. The van der Waals surface area contributed by atoms with Gasteiger partial charge in [0.25, 0.3) is 0 Å². The molecule has 0 spiro atoms. The van der Waals surface area contributed by atoms with Gasteiger partial charge in [0.2, 0.25) is 11.8 Å². The number of aryl methyl sites for hydroxylation is 1. The van der Waals surface area contributed by atoms with Crippen molar-refractivity contribution in [2.24, 2.45) is 5.92 Å². The van der Waals surface area contributed by atoms with Crippen LogP contribution in [0.2, 0.25) is 0 Å². The standard InChI is InChI=1S/C22H24N4O2/c1-15-12-23-21(28-15)20-18-14-25(22(27)17-8-5-9-17)11-10-19(18)26(24-20)13-16-6-3-2-4-7-16/h2-4,6-7,12,17H,5,8-11,13-14H2,1H3. The van der Waals surface area contributed by atoms with E-state index >= 15 is 0 Å². The molecule has 28 heavy (non-hydrogen) atoms. The smallest absolute Gasteiger partial charge is 0.247 e. The number of hydrogen-bond acceptors (Lipinski definition) is 4. The Morgan fingerprint density at radius 1 is 1.25 bits per heavy atom. The predicted molar refractivity (Wildman–Crippen MR) is 104 cm³/mol. The van der Waals surface area contributed by atoms with Crippen LogP contribution in [0.4, 0.5) is 0 Å². The third-order valence-electron chi connectivity index (χ3n) is 5.90. The lowest BCUT2D eigenvalue weighted by atomic mass is 9.84. The average molecular weight is 376 g/mol. The molecule has 1 saturated carbocycles. The summed E-state index contributed by atoms with van der Waals surface area (Å²) in [7, 11) is 0. The van der Waals surface area contributed by atoms with E-state index in [9.17, 15) is 4.79 Å². The summed E-state index contributed by atoms with van der Waals surface area (Å²) in [5.74, 6) is 1.81. The quantitative estimate of drug-likeness (QED) is 0.698. The zero-order valence-corrected chi connectivity index (χ0v) is 16.1. The highest BCUT2D eigenvalue weighted by Crippen LogP contribution is 2.34. The molecule has 1 aliphatic carbocycles. The zero-order valence-electron chi connectivity index (χ0n) is 16.1. The molecule has 2 aromatic heterocycles. The van der Waals surface area contributed by atoms with Gasteiger partial charge >= 0.3 is 0 Å². The number of oxazole rings is 1. The van der Waals surface area contributed by atoms with E-state index in [2.05, 4.69) is 21.8 Å². The van der Waals surface area contributed by atoms with Crippen LogP contribution in [0.1, 0.15) is 41.8 Å². The molecule has 5 rings (SSSR count). The largest absolute Gasteiger partial charge is 0.440 e. The van der Waals surface area contributed by atoms with E-state index in [-0.39, 0.29) is 5.92 Å². The van der Waals surface area contributed by atoms with E-state index in [1.54, 1.807) is 6.20 Å². The van der Waals surface area contributed by atoms with Crippen molar-refractivity contribution in [2.45, 2.75) is 45.7 Å². The van der Waals surface area contributed by atoms with Crippen LogP contribution in [0.5, 0.6) is 0 Å². The molecule has 0 radical (unpaired) electrons. The minimum absolute atomic E-state index is 0.216. The van der Waals surface area contributed by atoms with Crippen molar-refractivity contribution in [2.75, 3.05) is 6.54 Å². The van der Waals surface area contributed by atoms with Gasteiger partial charge in [0.05, 0.1) is 12.7 Å². The van der Waals surface area contributed by atoms with Crippen LogP contribution < -0.4 is 0 Å². The van der Waals surface area contributed by atoms with Crippen LogP contribution in [0, 0.1) is 12.8 Å². The van der Waals surface area contributed by atoms with Crippen molar-refractivity contribution in [3.63, 3.8) is 0 Å². The lowest BCUT2D eigenvalue weighted by Crippen LogP contribution is -2.42. The Morgan fingerprint density at radius 2 is 2.07 bits per heavy atom. The Morgan fingerprint density at radius 3 is 2.75 bits per heavy atom. The first-order valence-electron chi connectivity index (χ1n) is 10.0. The fourth-order valence-corrected chi connectivity index (χ4v) is 4.12. The number of amides is 1. The highest BCUT2D eigenvalue weighted by atomic mass is 16.4. The first-order chi connectivity index (χ1) is 13.7. The summed E-state index contributed by atoms with van der Waals surface area (Å²) in [6, 6.07) is 10.3. The lowest BCUT2D eigenvalue weighted by molar-refractivity contribution is -0.139. The Kier molecular flexibility index (Phi) is 4.26. The van der Waals surface area contributed by atoms with E-state index in [0.717, 1.165) is 42.8 Å². The van der Waals surface area contributed by atoms with E-state index < -0.39 is 0 Å². The van der Waals surface area contributed by atoms with Crippen molar-refractivity contribution in [1.82, 2.24) is 19.7 Å². The number of carbonyl (C=O) groups is 1. The number of aromatic nitrogens is 3. The van der Waals surface area contributed by atoms with Crippen LogP contribution in [-0.4, -0.2) is 32.1 Å². The van der Waals surface area contributed by atoms with E-state index in [1.165, 1.54) is 17.7 Å². The minimum Gasteiger partial charge on any atom is -0.440 e. The summed E-state index contributed by atoms with van der Waals surface area (Å²) in [6.45, 7) is 3.94. The zero-order chi connectivity index (χ0) is 19.1. The molecule has 0 unspecified atom stereocenters. The topological polar surface area (TPSA) is 64.2 Å². The third-order valence-corrected chi connectivity index (χ3v) is 5.90. The molecule has 1 fully saturated rings. The number of rotatable bonds is 4. The molecule has 0 N–H and O–H groups in total. The average Bonchev–Trinajstić information content (AvgIpc) is 3.24. The normalized spacial score (nSPS) is 16.7. The molecule has 6 heteroatoms. The minimum atomic E-state index is 0.216. The summed E-state index contributed by atoms with van der Waals surface area (Å²) in [6.07, 6.45) is 5.76. The second kappa shape index (κ2) is 6.93. The van der Waals surface area contributed by atoms with Crippen molar-refractivity contribution < 1.29 is 9.21 Å². The van der Waals surface area contributed by atoms with Gasteiger partial charge in [0, 0.05) is 36.7 Å². The van der Waals surface area contributed by atoms with Crippen molar-refractivity contribution in [1.29, 1.82) is 0 Å². The molecule has 2 aliphatic rings. The predicted octanol–water partition coefficient (Wildman–Crippen LogP) is 3.58. The number of nitrogens with zero attached hydrogens (tertiary/aromatic N) is 4. The van der Waals surface area contributed by atoms with Crippen molar-refractivity contribution in [3.8, 4) is 11.6 Å². The fourth-order valence-electron chi connectivity index (χ4n) is 4.12. The molecular weight excluding hydrogens is 352 g/mol. The summed E-state index contributed by atoms with van der Waals surface area (Å²) in [5, 5.41) is 4.87. The summed E-state index contributed by atoms with van der Waals surface area (Å²) < 4.78 is 7.84. The van der Waals surface area contributed by atoms with Gasteiger partial charge in [0.1, 0.15) is 5.76 Å². The third kappa shape index (κ3) is 3.03. The van der Waals surface area contributed by atoms with E-state index in [4.69, 9.17) is 9.52 Å². The van der Waals surface area contributed by atoms with Crippen LogP contribution in [0.15, 0.2) is 40.9 Å². The van der Waals surface area contributed by atoms with Gasteiger partial charge in [-0.25, -0.2) is 4.98 Å². The molecule has 3 heterocycles. The molecule has 6 nitrogen and oxygen atoms in total. The van der Waals surface area contributed by atoms with Gasteiger partial charge in [-0.1, -0.05) is 36.8 Å². The number of carbonyl (C=O) groups excluding carboxylic acids is 1. The van der Waals surface area contributed by atoms with Crippen LogP contribution in [-0.2, 0) is 24.3 Å². The Labute approximate surface area is 164 Å². The molecular formula is C22H24N4O2. The number of hydrogen-bond donors (Lipinski definition) is 0. The van der Waals surface area contributed by atoms with E-state index in [1.807, 2.05) is 30.0 Å². The van der Waals surface area contributed by atoms with Gasteiger partial charge in [-0.3, -0.25) is 9.48 Å². The monoisotopic (exact) mass is 376 g/mol. The molecule has 1 aromatic carbocycles. The Bertz CT molecular complexity index is 1000. The molecule has 1 amide bonds. The molecule has 3 aromatic rings. The van der Waals surface area contributed by atoms with Gasteiger partial charge < -0.3 is 9.32 Å². The van der Waals surface area contributed by atoms with Gasteiger partial charge in [-0.15, -0.1) is 0 Å². The first kappa shape index (κ1) is 17.2. The molecule has 0 bridgehead atoms. The van der Waals surface area contributed by atoms with Crippen LogP contribution >= 0.6 is 0 Å². The maximum absolute atomic E-state index is 12.8. The molecule has 1 aliphatic heterocycles. The lowest BCUT2D eigenvalue weighted by Gasteiger charge is -2.34. The summed E-state index contributed by atoms with van der Waals surface area (Å²) in [4.78, 5) is 19.2. The summed E-state index contributed by atoms with van der Waals surface area (Å²) >= 11 is 0. The summed E-state index contributed by atoms with van der Waals surface area (Å²) in [5.41, 5.74) is 4.24. The molecule has 144 valence electrons. The maximum atomic E-state index is 12.8. The second-order valence-electron chi connectivity index (χ2n) is 7.83. The molecule has 0 saturated heterocycles. The second-order valence-corrected chi connectivity index (χ2v) is 7.83. The number of benzene rings is 1.